The number of aromatic nitrogens is 2. The number of fused-ring (bicyclic) bond motifs is 1. The van der Waals surface area contributed by atoms with Gasteiger partial charge >= 0.3 is 5.97 Å². The second-order valence-corrected chi connectivity index (χ2v) is 7.43. The summed E-state index contributed by atoms with van der Waals surface area (Å²) in [6, 6.07) is 5.50. The molecular formula is C18H17BrF2N4O3. The number of hydrogen-bond acceptors (Lipinski definition) is 6. The van der Waals surface area contributed by atoms with Crippen molar-refractivity contribution in [1.29, 1.82) is 0 Å². The Morgan fingerprint density at radius 2 is 2.14 bits per heavy atom. The number of aliphatic carboxylic acids is 1. The van der Waals surface area contributed by atoms with E-state index in [1.54, 1.807) is 17.0 Å². The first-order valence-corrected chi connectivity index (χ1v) is 9.48. The lowest BCUT2D eigenvalue weighted by Crippen LogP contribution is -2.50. The Bertz CT molecular complexity index is 901. The number of nitrogens with zero attached hydrogens (tertiary/aromatic N) is 4. The van der Waals surface area contributed by atoms with E-state index < -0.39 is 24.6 Å². The molecule has 2 unspecified atom stereocenters. The van der Waals surface area contributed by atoms with E-state index >= 15 is 0 Å². The summed E-state index contributed by atoms with van der Waals surface area (Å²) in [5.41, 5.74) is 1.53. The number of alkyl halides is 2. The smallest absolute Gasteiger partial charge is 0.328 e. The number of carboxylic acids is 1. The Morgan fingerprint density at radius 1 is 1.36 bits per heavy atom. The van der Waals surface area contributed by atoms with E-state index in [0.29, 0.717) is 23.4 Å². The number of anilines is 1. The largest absolute Gasteiger partial charge is 0.480 e. The van der Waals surface area contributed by atoms with Crippen LogP contribution in [0.15, 0.2) is 34.9 Å². The van der Waals surface area contributed by atoms with Crippen LogP contribution in [0.5, 0.6) is 0 Å². The SMILES string of the molecule is O=C(O)C1COCCN1c1nc(C2c3ccccc3CN2C(F)F)ncc1Br. The fraction of sp³-hybridized carbons (Fsp3) is 0.389. The minimum atomic E-state index is -2.68. The van der Waals surface area contributed by atoms with Gasteiger partial charge < -0.3 is 14.7 Å². The molecule has 1 N–H and O–H groups in total. The van der Waals surface area contributed by atoms with Crippen molar-refractivity contribution >= 4 is 27.7 Å². The van der Waals surface area contributed by atoms with Gasteiger partial charge in [-0.2, -0.15) is 8.78 Å². The number of benzene rings is 1. The van der Waals surface area contributed by atoms with Crippen LogP contribution in [0.1, 0.15) is 23.0 Å². The third-order valence-corrected chi connectivity index (χ3v) is 5.52. The van der Waals surface area contributed by atoms with E-state index in [-0.39, 0.29) is 19.0 Å². The molecule has 7 nitrogen and oxygen atoms in total. The van der Waals surface area contributed by atoms with Crippen molar-refractivity contribution in [3.05, 3.63) is 51.9 Å². The van der Waals surface area contributed by atoms with Crippen molar-refractivity contribution in [3.8, 4) is 0 Å². The van der Waals surface area contributed by atoms with Crippen molar-refractivity contribution in [2.45, 2.75) is 25.2 Å². The van der Waals surface area contributed by atoms with Gasteiger partial charge in [0.2, 0.25) is 0 Å². The van der Waals surface area contributed by atoms with E-state index in [1.165, 1.54) is 6.20 Å². The van der Waals surface area contributed by atoms with Gasteiger partial charge in [-0.15, -0.1) is 0 Å². The first-order chi connectivity index (χ1) is 13.5. The number of hydrogen-bond donors (Lipinski definition) is 1. The van der Waals surface area contributed by atoms with E-state index in [1.807, 2.05) is 12.1 Å². The summed E-state index contributed by atoms with van der Waals surface area (Å²) < 4.78 is 33.2. The molecule has 2 aliphatic rings. The zero-order chi connectivity index (χ0) is 19.8. The lowest BCUT2D eigenvalue weighted by molar-refractivity contribution is -0.141. The predicted octanol–water partition coefficient (Wildman–Crippen LogP) is 2.66. The molecule has 0 radical (unpaired) electrons. The molecule has 0 spiro atoms. The Kier molecular flexibility index (Phi) is 5.26. The average Bonchev–Trinajstić information content (AvgIpc) is 3.08. The van der Waals surface area contributed by atoms with E-state index in [0.717, 1.165) is 16.0 Å². The molecule has 1 saturated heterocycles. The summed E-state index contributed by atoms with van der Waals surface area (Å²) in [6.45, 7) is -1.88. The molecule has 148 valence electrons. The fourth-order valence-electron chi connectivity index (χ4n) is 3.65. The maximum atomic E-state index is 13.7. The van der Waals surface area contributed by atoms with Crippen LogP contribution in [-0.4, -0.2) is 58.3 Å². The normalized spacial score (nSPS) is 22.5. The number of ether oxygens (including phenoxy) is 1. The summed E-state index contributed by atoms with van der Waals surface area (Å²) in [4.78, 5) is 23.0. The van der Waals surface area contributed by atoms with Gasteiger partial charge in [0.15, 0.2) is 11.9 Å². The minimum absolute atomic E-state index is 0.0243. The van der Waals surface area contributed by atoms with E-state index in [4.69, 9.17) is 4.74 Å². The van der Waals surface area contributed by atoms with Crippen molar-refractivity contribution in [2.75, 3.05) is 24.7 Å². The molecule has 3 heterocycles. The zero-order valence-corrected chi connectivity index (χ0v) is 16.2. The first kappa shape index (κ1) is 19.2. The van der Waals surface area contributed by atoms with Crippen LogP contribution < -0.4 is 4.90 Å². The Morgan fingerprint density at radius 3 is 2.89 bits per heavy atom. The van der Waals surface area contributed by atoms with Crippen molar-refractivity contribution in [2.24, 2.45) is 0 Å². The molecule has 2 aromatic rings. The topological polar surface area (TPSA) is 78.8 Å². The van der Waals surface area contributed by atoms with Gasteiger partial charge in [-0.05, 0) is 27.1 Å². The van der Waals surface area contributed by atoms with Gasteiger partial charge in [0, 0.05) is 19.3 Å². The highest BCUT2D eigenvalue weighted by Crippen LogP contribution is 2.40. The molecule has 4 rings (SSSR count). The monoisotopic (exact) mass is 454 g/mol. The molecule has 1 aromatic carbocycles. The molecule has 2 aliphatic heterocycles. The molecule has 0 saturated carbocycles. The number of rotatable bonds is 4. The van der Waals surface area contributed by atoms with Gasteiger partial charge in [-0.25, -0.2) is 19.7 Å². The minimum Gasteiger partial charge on any atom is -0.480 e. The first-order valence-electron chi connectivity index (χ1n) is 8.68. The van der Waals surface area contributed by atoms with E-state index in [9.17, 15) is 18.7 Å². The van der Waals surface area contributed by atoms with Crippen LogP contribution in [0.2, 0.25) is 0 Å². The Hall–Kier alpha value is -2.17. The number of carbonyl (C=O) groups is 1. The highest BCUT2D eigenvalue weighted by molar-refractivity contribution is 9.10. The summed E-state index contributed by atoms with van der Waals surface area (Å²) in [5.74, 6) is -0.467. The van der Waals surface area contributed by atoms with Gasteiger partial charge in [-0.3, -0.25) is 0 Å². The molecule has 28 heavy (non-hydrogen) atoms. The van der Waals surface area contributed by atoms with Crippen molar-refractivity contribution in [1.82, 2.24) is 14.9 Å². The standard InChI is InChI=1S/C18H17BrF2N4O3/c19-12-7-22-15(23-16(12)24-5-6-28-9-13(24)17(26)27)14-11-4-2-1-3-10(11)8-25(14)18(20)21/h1-4,7,13-14,18H,5-6,8-9H2,(H,26,27). The summed E-state index contributed by atoms with van der Waals surface area (Å²) in [5, 5.41) is 9.50. The summed E-state index contributed by atoms with van der Waals surface area (Å²) >= 11 is 3.36. The lowest BCUT2D eigenvalue weighted by Gasteiger charge is -2.34. The van der Waals surface area contributed by atoms with E-state index in [2.05, 4.69) is 25.9 Å². The van der Waals surface area contributed by atoms with Gasteiger partial charge in [0.05, 0.1) is 17.7 Å². The highest BCUT2D eigenvalue weighted by atomic mass is 79.9. The van der Waals surface area contributed by atoms with Crippen LogP contribution in [-0.2, 0) is 16.1 Å². The Labute approximate surface area is 168 Å². The third kappa shape index (κ3) is 3.36. The maximum absolute atomic E-state index is 13.7. The molecular weight excluding hydrogens is 438 g/mol. The predicted molar refractivity (Wildman–Crippen MR) is 99.2 cm³/mol. The Balaban J connectivity index is 1.77. The third-order valence-electron chi connectivity index (χ3n) is 4.96. The number of carboxylic acid groups (broad SMARTS) is 1. The fourth-order valence-corrected chi connectivity index (χ4v) is 4.07. The molecule has 2 atom stereocenters. The summed E-state index contributed by atoms with van der Waals surface area (Å²) in [6.07, 6.45) is 1.48. The van der Waals surface area contributed by atoms with Crippen LogP contribution in [0.3, 0.4) is 0 Å². The molecule has 1 fully saturated rings. The van der Waals surface area contributed by atoms with Crippen LogP contribution in [0.4, 0.5) is 14.6 Å². The number of morpholine rings is 1. The second-order valence-electron chi connectivity index (χ2n) is 6.57. The van der Waals surface area contributed by atoms with Gasteiger partial charge in [-0.1, -0.05) is 24.3 Å². The molecule has 0 aliphatic carbocycles. The average molecular weight is 455 g/mol. The molecule has 0 bridgehead atoms. The molecule has 1 aromatic heterocycles. The van der Waals surface area contributed by atoms with Crippen LogP contribution in [0.25, 0.3) is 0 Å². The zero-order valence-electron chi connectivity index (χ0n) is 14.6. The van der Waals surface area contributed by atoms with Crippen molar-refractivity contribution < 1.29 is 23.4 Å². The summed E-state index contributed by atoms with van der Waals surface area (Å²) in [7, 11) is 0. The van der Waals surface area contributed by atoms with Gasteiger partial charge in [0.1, 0.15) is 11.9 Å². The van der Waals surface area contributed by atoms with Crippen LogP contribution >= 0.6 is 15.9 Å². The lowest BCUT2D eigenvalue weighted by atomic mass is 10.0. The molecule has 10 heteroatoms. The van der Waals surface area contributed by atoms with Crippen LogP contribution in [0, 0.1) is 0 Å². The molecule has 0 amide bonds. The second kappa shape index (κ2) is 7.69. The van der Waals surface area contributed by atoms with Gasteiger partial charge in [0.25, 0.3) is 6.55 Å². The van der Waals surface area contributed by atoms with Crippen molar-refractivity contribution in [3.63, 3.8) is 0 Å². The quantitative estimate of drug-likeness (QED) is 0.711. The maximum Gasteiger partial charge on any atom is 0.328 e. The number of halogens is 3. The highest BCUT2D eigenvalue weighted by Gasteiger charge is 2.39.